The van der Waals surface area contributed by atoms with E-state index in [4.69, 9.17) is 14.2 Å². The molecule has 0 unspecified atom stereocenters. The van der Waals surface area contributed by atoms with E-state index < -0.39 is 5.97 Å². The van der Waals surface area contributed by atoms with Gasteiger partial charge in [0.15, 0.2) is 11.5 Å². The van der Waals surface area contributed by atoms with Crippen LogP contribution in [0.25, 0.3) is 0 Å². The maximum atomic E-state index is 11.7. The van der Waals surface area contributed by atoms with Crippen LogP contribution in [0.5, 0.6) is 17.2 Å². The normalized spacial score (nSPS) is 11.0. The molecule has 0 heterocycles. The van der Waals surface area contributed by atoms with Gasteiger partial charge in [-0.15, -0.1) is 0 Å². The quantitative estimate of drug-likeness (QED) is 0.125. The highest BCUT2D eigenvalue weighted by molar-refractivity contribution is 5.87. The number of hydrogen-bond acceptors (Lipinski definition) is 5. The minimum Gasteiger partial charge on any atom is -0.545 e. The fourth-order valence-electron chi connectivity index (χ4n) is 4.24. The second-order valence-electron chi connectivity index (χ2n) is 9.94. The third kappa shape index (κ3) is 15.3. The molecule has 0 atom stereocenters. The summed E-state index contributed by atoms with van der Waals surface area (Å²) in [5, 5.41) is 11.7. The second-order valence-corrected chi connectivity index (χ2v) is 9.94. The Hall–Kier alpha value is -1.91. The number of carbonyl (C=O) groups excluding carboxylic acids is 1. The Morgan fingerprint density at radius 3 is 1.25 bits per heavy atom. The zero-order valence-corrected chi connectivity index (χ0v) is 23.5. The summed E-state index contributed by atoms with van der Waals surface area (Å²) in [6.45, 7) is 8.29. The van der Waals surface area contributed by atoms with Gasteiger partial charge in [0.05, 0.1) is 25.8 Å². The number of carboxylic acid groups (broad SMARTS) is 1. The molecule has 5 heteroatoms. The van der Waals surface area contributed by atoms with Gasteiger partial charge in [0.25, 0.3) is 0 Å². The Balaban J connectivity index is 2.78. The zero-order valence-electron chi connectivity index (χ0n) is 23.5. The second kappa shape index (κ2) is 22.3. The van der Waals surface area contributed by atoms with E-state index in [2.05, 4.69) is 20.8 Å². The van der Waals surface area contributed by atoms with Crippen LogP contribution in [0.3, 0.4) is 0 Å². The minimum absolute atomic E-state index is 0.0674. The molecule has 208 valence electrons. The number of unbranched alkanes of at least 4 members (excludes halogenated alkanes) is 15. The number of carbonyl (C=O) groups is 1. The smallest absolute Gasteiger partial charge is 0.203 e. The fourth-order valence-corrected chi connectivity index (χ4v) is 4.24. The summed E-state index contributed by atoms with van der Waals surface area (Å²) in [6, 6.07) is 3.06. The molecule has 0 amide bonds. The summed E-state index contributed by atoms with van der Waals surface area (Å²) in [7, 11) is 0. The third-order valence-corrected chi connectivity index (χ3v) is 6.51. The van der Waals surface area contributed by atoms with E-state index in [0.29, 0.717) is 37.1 Å². The molecule has 0 fully saturated rings. The first-order valence-electron chi connectivity index (χ1n) is 14.9. The number of hydrogen-bond donors (Lipinski definition) is 0. The number of aromatic carboxylic acids is 1. The first-order chi connectivity index (χ1) is 17.6. The van der Waals surface area contributed by atoms with Gasteiger partial charge in [0.2, 0.25) is 5.75 Å². The van der Waals surface area contributed by atoms with Crippen LogP contribution in [-0.4, -0.2) is 25.8 Å². The Labute approximate surface area is 221 Å². The maximum Gasteiger partial charge on any atom is 0.203 e. The summed E-state index contributed by atoms with van der Waals surface area (Å²) < 4.78 is 18.3. The van der Waals surface area contributed by atoms with Crippen LogP contribution in [0, 0.1) is 0 Å². The molecule has 0 bridgehead atoms. The van der Waals surface area contributed by atoms with Crippen molar-refractivity contribution in [3.8, 4) is 17.2 Å². The average Bonchev–Trinajstić information content (AvgIpc) is 2.87. The lowest BCUT2D eigenvalue weighted by Crippen LogP contribution is -2.22. The van der Waals surface area contributed by atoms with Crippen molar-refractivity contribution in [3.05, 3.63) is 17.7 Å². The molecule has 0 saturated carbocycles. The highest BCUT2D eigenvalue weighted by atomic mass is 16.5. The number of benzene rings is 1. The molecule has 0 aromatic heterocycles. The van der Waals surface area contributed by atoms with Gasteiger partial charge >= 0.3 is 0 Å². The van der Waals surface area contributed by atoms with Crippen LogP contribution in [0.4, 0.5) is 0 Å². The van der Waals surface area contributed by atoms with Crippen LogP contribution < -0.4 is 19.3 Å². The third-order valence-electron chi connectivity index (χ3n) is 6.51. The minimum atomic E-state index is -1.23. The van der Waals surface area contributed by atoms with Crippen molar-refractivity contribution < 1.29 is 24.1 Å². The largest absolute Gasteiger partial charge is 0.545 e. The average molecular weight is 506 g/mol. The van der Waals surface area contributed by atoms with Gasteiger partial charge in [-0.2, -0.15) is 0 Å². The van der Waals surface area contributed by atoms with Crippen molar-refractivity contribution in [2.75, 3.05) is 19.8 Å². The number of rotatable bonds is 25. The highest BCUT2D eigenvalue weighted by Gasteiger charge is 2.16. The Kier molecular flexibility index (Phi) is 19.9. The molecule has 0 aliphatic heterocycles. The fraction of sp³-hybridized carbons (Fsp3) is 0.774. The van der Waals surface area contributed by atoms with Crippen molar-refractivity contribution in [2.24, 2.45) is 0 Å². The van der Waals surface area contributed by atoms with E-state index in [-0.39, 0.29) is 5.56 Å². The molecule has 5 nitrogen and oxygen atoms in total. The van der Waals surface area contributed by atoms with Crippen LogP contribution in [0.1, 0.15) is 147 Å². The monoisotopic (exact) mass is 505 g/mol. The van der Waals surface area contributed by atoms with E-state index in [9.17, 15) is 9.90 Å². The van der Waals surface area contributed by atoms with Gasteiger partial charge < -0.3 is 24.1 Å². The van der Waals surface area contributed by atoms with Gasteiger partial charge in [0, 0.05) is 5.56 Å². The highest BCUT2D eigenvalue weighted by Crippen LogP contribution is 2.39. The Bertz CT molecular complexity index is 634. The molecule has 0 aliphatic carbocycles. The maximum absolute atomic E-state index is 11.7. The van der Waals surface area contributed by atoms with Gasteiger partial charge in [-0.05, 0) is 31.4 Å². The van der Waals surface area contributed by atoms with Crippen molar-refractivity contribution in [2.45, 2.75) is 136 Å². The SMILES string of the molecule is CCCCCCCCOc1cc(C(=O)[O-])cc(OCCCCCCCC)c1OCCCCCCCC. The predicted molar refractivity (Wildman–Crippen MR) is 147 cm³/mol. The van der Waals surface area contributed by atoms with Crippen LogP contribution >= 0.6 is 0 Å². The molecule has 0 radical (unpaired) electrons. The lowest BCUT2D eigenvalue weighted by Gasteiger charge is -2.19. The standard InChI is InChI=1S/C31H54O5/c1-4-7-10-13-16-19-22-34-28-25-27(31(32)33)26-29(35-23-20-17-14-11-8-5-2)30(28)36-24-21-18-15-12-9-6-3/h25-26H,4-24H2,1-3H3,(H,32,33)/p-1. The molecule has 0 saturated heterocycles. The van der Waals surface area contributed by atoms with Gasteiger partial charge in [-0.1, -0.05) is 117 Å². The molecular formula is C31H53O5-. The van der Waals surface area contributed by atoms with E-state index in [1.54, 1.807) is 0 Å². The van der Waals surface area contributed by atoms with Crippen molar-refractivity contribution in [3.63, 3.8) is 0 Å². The number of ether oxygens (including phenoxy) is 3. The lowest BCUT2D eigenvalue weighted by molar-refractivity contribution is -0.255. The summed E-state index contributed by atoms with van der Waals surface area (Å²) >= 11 is 0. The Morgan fingerprint density at radius 2 is 0.889 bits per heavy atom. The molecule has 0 spiro atoms. The molecule has 1 rings (SSSR count). The lowest BCUT2D eigenvalue weighted by atomic mass is 10.1. The summed E-state index contributed by atoms with van der Waals surface area (Å²) in [6.07, 6.45) is 21.0. The van der Waals surface area contributed by atoms with Gasteiger partial charge in [-0.25, -0.2) is 0 Å². The van der Waals surface area contributed by atoms with Crippen molar-refractivity contribution >= 4 is 5.97 Å². The molecular weight excluding hydrogens is 452 g/mol. The van der Waals surface area contributed by atoms with Gasteiger partial charge in [-0.3, -0.25) is 0 Å². The van der Waals surface area contributed by atoms with E-state index in [1.807, 2.05) is 0 Å². The zero-order chi connectivity index (χ0) is 26.3. The molecule has 1 aromatic carbocycles. The van der Waals surface area contributed by atoms with Crippen LogP contribution in [0.2, 0.25) is 0 Å². The van der Waals surface area contributed by atoms with Crippen LogP contribution in [-0.2, 0) is 0 Å². The number of carboxylic acids is 1. The van der Waals surface area contributed by atoms with Gasteiger partial charge in [0.1, 0.15) is 0 Å². The predicted octanol–water partition coefficient (Wildman–Crippen LogP) is 8.27. The summed E-state index contributed by atoms with van der Waals surface area (Å²) in [4.78, 5) is 11.7. The first kappa shape index (κ1) is 32.1. The van der Waals surface area contributed by atoms with Crippen LogP contribution in [0.15, 0.2) is 12.1 Å². The van der Waals surface area contributed by atoms with E-state index >= 15 is 0 Å². The van der Waals surface area contributed by atoms with E-state index in [0.717, 1.165) is 38.5 Å². The van der Waals surface area contributed by atoms with E-state index in [1.165, 1.54) is 89.2 Å². The first-order valence-corrected chi connectivity index (χ1v) is 14.9. The van der Waals surface area contributed by atoms with Crippen molar-refractivity contribution in [1.82, 2.24) is 0 Å². The topological polar surface area (TPSA) is 67.8 Å². The molecule has 0 N–H and O–H groups in total. The summed E-state index contributed by atoms with van der Waals surface area (Å²) in [5.74, 6) is 0.209. The molecule has 0 aliphatic rings. The summed E-state index contributed by atoms with van der Waals surface area (Å²) in [5.41, 5.74) is 0.0674. The Morgan fingerprint density at radius 1 is 0.556 bits per heavy atom. The molecule has 36 heavy (non-hydrogen) atoms. The van der Waals surface area contributed by atoms with Crippen molar-refractivity contribution in [1.29, 1.82) is 0 Å². The molecule has 1 aromatic rings.